The Bertz CT molecular complexity index is 727. The van der Waals surface area contributed by atoms with E-state index in [4.69, 9.17) is 4.74 Å². The fraction of sp³-hybridized carbons (Fsp3) is 0.667. The van der Waals surface area contributed by atoms with Crippen LogP contribution in [0.15, 0.2) is 18.3 Å². The number of likely N-dealkylation sites (N-methyl/N-ethyl adjacent to an activating group) is 1. The molecule has 1 saturated heterocycles. The second-order valence-corrected chi connectivity index (χ2v) is 8.88. The van der Waals surface area contributed by atoms with Crippen molar-refractivity contribution in [3.8, 4) is 0 Å². The molecule has 3 amide bonds. The first kappa shape index (κ1) is 22.8. The highest BCUT2D eigenvalue weighted by atomic mass is 16.6. The van der Waals surface area contributed by atoms with Gasteiger partial charge in [0.05, 0.1) is 6.54 Å². The number of nitrogens with zero attached hydrogens (tertiary/aromatic N) is 3. The lowest BCUT2D eigenvalue weighted by Crippen LogP contribution is -2.43. The summed E-state index contributed by atoms with van der Waals surface area (Å²) in [6.45, 7) is 10.5. The van der Waals surface area contributed by atoms with Crippen LogP contribution in [0.1, 0.15) is 64.0 Å². The minimum atomic E-state index is -0.513. The molecule has 1 fully saturated rings. The zero-order valence-electron chi connectivity index (χ0n) is 18.4. The third-order valence-electron chi connectivity index (χ3n) is 4.68. The maximum Gasteiger partial charge on any atom is 0.410 e. The van der Waals surface area contributed by atoms with E-state index >= 15 is 0 Å². The molecule has 1 aliphatic rings. The van der Waals surface area contributed by atoms with Gasteiger partial charge in [-0.2, -0.15) is 0 Å². The molecule has 0 radical (unpaired) electrons. The van der Waals surface area contributed by atoms with E-state index in [0.29, 0.717) is 18.8 Å². The summed E-state index contributed by atoms with van der Waals surface area (Å²) in [7, 11) is 1.63. The highest BCUT2D eigenvalue weighted by molar-refractivity contribution is 5.95. The normalized spacial score (nSPS) is 15.3. The molecule has 29 heavy (non-hydrogen) atoms. The van der Waals surface area contributed by atoms with Crippen molar-refractivity contribution in [1.29, 1.82) is 0 Å². The topological polar surface area (TPSA) is 83.9 Å². The predicted molar refractivity (Wildman–Crippen MR) is 111 cm³/mol. The van der Waals surface area contributed by atoms with Gasteiger partial charge in [-0.05, 0) is 59.6 Å². The van der Waals surface area contributed by atoms with Crippen LogP contribution in [0.4, 0.5) is 4.79 Å². The van der Waals surface area contributed by atoms with Gasteiger partial charge < -0.3 is 24.4 Å². The molecule has 0 aliphatic carbocycles. The van der Waals surface area contributed by atoms with Gasteiger partial charge in [-0.25, -0.2) is 4.79 Å². The second kappa shape index (κ2) is 9.33. The van der Waals surface area contributed by atoms with Crippen molar-refractivity contribution in [1.82, 2.24) is 19.7 Å². The lowest BCUT2D eigenvalue weighted by atomic mass is 10.0. The Morgan fingerprint density at radius 3 is 2.41 bits per heavy atom. The number of likely N-dealkylation sites (tertiary alicyclic amines) is 1. The number of rotatable bonds is 5. The van der Waals surface area contributed by atoms with E-state index in [-0.39, 0.29) is 36.5 Å². The third-order valence-corrected chi connectivity index (χ3v) is 4.68. The Kier molecular flexibility index (Phi) is 7.32. The fourth-order valence-electron chi connectivity index (χ4n) is 3.40. The van der Waals surface area contributed by atoms with E-state index in [1.165, 1.54) is 4.90 Å². The lowest BCUT2D eigenvalue weighted by Gasteiger charge is -2.34. The fourth-order valence-corrected chi connectivity index (χ4v) is 3.40. The molecular formula is C21H34N4O4. The Morgan fingerprint density at radius 1 is 1.24 bits per heavy atom. The molecule has 1 aromatic rings. The van der Waals surface area contributed by atoms with Crippen molar-refractivity contribution in [2.24, 2.45) is 0 Å². The number of piperidine rings is 1. The minimum absolute atomic E-state index is 0.0132. The average molecular weight is 407 g/mol. The molecular weight excluding hydrogens is 372 g/mol. The van der Waals surface area contributed by atoms with Crippen LogP contribution in [0.25, 0.3) is 0 Å². The number of carbonyl (C=O) groups excluding carboxylic acids is 3. The summed E-state index contributed by atoms with van der Waals surface area (Å²) in [5.74, 6) is -0.372. The van der Waals surface area contributed by atoms with Crippen LogP contribution in [-0.4, -0.2) is 70.6 Å². The van der Waals surface area contributed by atoms with Crippen molar-refractivity contribution < 1.29 is 19.1 Å². The van der Waals surface area contributed by atoms with Crippen molar-refractivity contribution >= 4 is 17.9 Å². The van der Waals surface area contributed by atoms with Crippen LogP contribution in [-0.2, 0) is 9.53 Å². The van der Waals surface area contributed by atoms with Gasteiger partial charge in [-0.3, -0.25) is 9.59 Å². The Balaban J connectivity index is 1.97. The van der Waals surface area contributed by atoms with Crippen molar-refractivity contribution in [3.63, 3.8) is 0 Å². The van der Waals surface area contributed by atoms with Crippen molar-refractivity contribution in [2.75, 3.05) is 26.7 Å². The summed E-state index contributed by atoms with van der Waals surface area (Å²) in [5.41, 5.74) is 0.0426. The van der Waals surface area contributed by atoms with Gasteiger partial charge in [-0.15, -0.1) is 0 Å². The number of hydrogen-bond donors (Lipinski definition) is 1. The van der Waals surface area contributed by atoms with Crippen LogP contribution in [0, 0.1) is 0 Å². The smallest absolute Gasteiger partial charge is 0.410 e. The molecule has 0 spiro atoms. The summed E-state index contributed by atoms with van der Waals surface area (Å²) in [4.78, 5) is 40.2. The van der Waals surface area contributed by atoms with Gasteiger partial charge in [0.15, 0.2) is 0 Å². The zero-order chi connectivity index (χ0) is 21.8. The van der Waals surface area contributed by atoms with Gasteiger partial charge >= 0.3 is 6.09 Å². The van der Waals surface area contributed by atoms with E-state index in [9.17, 15) is 14.4 Å². The molecule has 1 aromatic heterocycles. The van der Waals surface area contributed by atoms with Crippen LogP contribution in [0.3, 0.4) is 0 Å². The van der Waals surface area contributed by atoms with E-state index in [2.05, 4.69) is 5.32 Å². The zero-order valence-corrected chi connectivity index (χ0v) is 18.4. The molecule has 1 N–H and O–H groups in total. The first-order chi connectivity index (χ1) is 13.5. The molecule has 8 nitrogen and oxygen atoms in total. The van der Waals surface area contributed by atoms with E-state index in [1.54, 1.807) is 18.0 Å². The van der Waals surface area contributed by atoms with Gasteiger partial charge in [0.1, 0.15) is 11.3 Å². The van der Waals surface area contributed by atoms with Gasteiger partial charge in [0.25, 0.3) is 5.91 Å². The number of hydrogen-bond acceptors (Lipinski definition) is 4. The lowest BCUT2D eigenvalue weighted by molar-refractivity contribution is -0.122. The number of aromatic nitrogens is 1. The Labute approximate surface area is 173 Å². The maximum absolute atomic E-state index is 12.9. The van der Waals surface area contributed by atoms with Crippen molar-refractivity contribution in [2.45, 2.75) is 65.1 Å². The van der Waals surface area contributed by atoms with E-state index in [0.717, 1.165) is 12.8 Å². The van der Waals surface area contributed by atoms with Crippen LogP contribution >= 0.6 is 0 Å². The summed E-state index contributed by atoms with van der Waals surface area (Å²) in [6.07, 6.45) is 3.08. The Hall–Kier alpha value is -2.51. The second-order valence-electron chi connectivity index (χ2n) is 8.88. The first-order valence-electron chi connectivity index (χ1n) is 10.2. The summed E-state index contributed by atoms with van der Waals surface area (Å²) >= 11 is 0. The molecule has 0 bridgehead atoms. The van der Waals surface area contributed by atoms with Gasteiger partial charge in [0.2, 0.25) is 5.91 Å². The highest BCUT2D eigenvalue weighted by Gasteiger charge is 2.29. The number of ether oxygens (including phenoxy) is 1. The number of amides is 3. The summed E-state index contributed by atoms with van der Waals surface area (Å²) in [5, 5.41) is 2.79. The molecule has 2 heterocycles. The minimum Gasteiger partial charge on any atom is -0.444 e. The maximum atomic E-state index is 12.9. The largest absolute Gasteiger partial charge is 0.444 e. The quantitative estimate of drug-likeness (QED) is 0.815. The average Bonchev–Trinajstić information content (AvgIpc) is 3.08. The summed E-state index contributed by atoms with van der Waals surface area (Å²) in [6, 6.07) is 3.78. The predicted octanol–water partition coefficient (Wildman–Crippen LogP) is 2.66. The number of carbonyl (C=O) groups is 3. The molecule has 1 aliphatic heterocycles. The SMILES string of the molecule is CC(C)NC(=O)CN(C)C(=O)c1cccn1C1CCN(C(=O)OC(C)(C)C)CC1. The molecule has 0 aromatic carbocycles. The Morgan fingerprint density at radius 2 is 1.86 bits per heavy atom. The molecule has 8 heteroatoms. The molecule has 0 unspecified atom stereocenters. The monoisotopic (exact) mass is 406 g/mol. The molecule has 162 valence electrons. The van der Waals surface area contributed by atoms with Crippen molar-refractivity contribution in [3.05, 3.63) is 24.0 Å². The first-order valence-corrected chi connectivity index (χ1v) is 10.2. The summed E-state index contributed by atoms with van der Waals surface area (Å²) < 4.78 is 7.41. The molecule has 2 rings (SSSR count). The van der Waals surface area contributed by atoms with E-state index < -0.39 is 5.60 Å². The van der Waals surface area contributed by atoms with Crippen LogP contribution in [0.2, 0.25) is 0 Å². The van der Waals surface area contributed by atoms with Crippen LogP contribution in [0.5, 0.6) is 0 Å². The highest BCUT2D eigenvalue weighted by Crippen LogP contribution is 2.26. The third kappa shape index (κ3) is 6.51. The standard InChI is InChI=1S/C21H34N4O4/c1-15(2)22-18(26)14-23(6)19(27)17-8-7-11-25(17)16-9-12-24(13-10-16)20(28)29-21(3,4)5/h7-8,11,15-16H,9-10,12-14H2,1-6H3,(H,22,26). The van der Waals surface area contributed by atoms with Crippen LogP contribution < -0.4 is 5.32 Å². The van der Waals surface area contributed by atoms with Gasteiger partial charge in [-0.1, -0.05) is 0 Å². The van der Waals surface area contributed by atoms with E-state index in [1.807, 2.05) is 51.4 Å². The number of nitrogens with one attached hydrogen (secondary N) is 1. The van der Waals surface area contributed by atoms with Gasteiger partial charge in [0, 0.05) is 38.4 Å². The molecule has 0 saturated carbocycles. The molecule has 0 atom stereocenters.